The fourth-order valence-corrected chi connectivity index (χ4v) is 2.05. The SMILES string of the molecule is CCCCCc1cc(-c2ccccc2)nn1C.[O-][Cl+3]([O-])([O-])O. The number of halogens is 1. The highest BCUT2D eigenvalue weighted by Gasteiger charge is 2.06. The van der Waals surface area contributed by atoms with Gasteiger partial charge in [0, 0.05) is 18.3 Å². The van der Waals surface area contributed by atoms with E-state index in [4.69, 9.17) is 18.6 Å². The molecule has 0 spiro atoms. The van der Waals surface area contributed by atoms with Crippen molar-refractivity contribution in [2.75, 3.05) is 0 Å². The molecule has 1 aromatic heterocycles. The largest absolute Gasteiger partial charge is 0.272 e. The summed E-state index contributed by atoms with van der Waals surface area (Å²) in [6.07, 6.45) is 4.95. The first-order valence-electron chi connectivity index (χ1n) is 7.03. The first-order valence-corrected chi connectivity index (χ1v) is 8.29. The molecule has 0 saturated heterocycles. The topological polar surface area (TPSA) is 107 Å². The molecule has 2 rings (SSSR count). The lowest BCUT2D eigenvalue weighted by Gasteiger charge is -2.03. The van der Waals surface area contributed by atoms with E-state index in [-0.39, 0.29) is 0 Å². The normalized spacial score (nSPS) is 11.0. The zero-order valence-corrected chi connectivity index (χ0v) is 13.5. The highest BCUT2D eigenvalue weighted by atomic mass is 35.7. The summed E-state index contributed by atoms with van der Waals surface area (Å²) in [7, 11) is -2.66. The lowest BCUT2D eigenvalue weighted by atomic mass is 10.1. The average molecular weight is 329 g/mol. The maximum Gasteiger partial charge on any atom is 0.0925 e. The van der Waals surface area contributed by atoms with E-state index in [9.17, 15) is 0 Å². The van der Waals surface area contributed by atoms with Crippen molar-refractivity contribution in [3.05, 3.63) is 42.1 Å². The lowest BCUT2D eigenvalue weighted by Crippen LogP contribution is -2.58. The van der Waals surface area contributed by atoms with E-state index in [1.54, 1.807) is 0 Å². The molecule has 0 fully saturated rings. The molecule has 1 aromatic carbocycles. The van der Waals surface area contributed by atoms with Gasteiger partial charge in [-0.25, -0.2) is 0 Å². The quantitative estimate of drug-likeness (QED) is 0.758. The van der Waals surface area contributed by atoms with E-state index in [0.29, 0.717) is 0 Å². The summed E-state index contributed by atoms with van der Waals surface area (Å²) < 4.78 is 34.7. The van der Waals surface area contributed by atoms with Gasteiger partial charge in [-0.3, -0.25) is 4.68 Å². The molecule has 0 bridgehead atoms. The van der Waals surface area contributed by atoms with Crippen molar-refractivity contribution < 1.29 is 28.9 Å². The summed E-state index contributed by atoms with van der Waals surface area (Å²) in [6, 6.07) is 12.6. The van der Waals surface area contributed by atoms with Gasteiger partial charge in [0.1, 0.15) is 0 Å². The Labute approximate surface area is 132 Å². The molecule has 0 aliphatic heterocycles. The summed E-state index contributed by atoms with van der Waals surface area (Å²) in [4.78, 5) is 0. The number of unbranched alkanes of at least 4 members (excludes halogenated alkanes) is 2. The van der Waals surface area contributed by atoms with Crippen LogP contribution in [0.3, 0.4) is 0 Å². The van der Waals surface area contributed by atoms with Crippen molar-refractivity contribution in [2.45, 2.75) is 32.6 Å². The smallest absolute Gasteiger partial charge is 0.0925 e. The van der Waals surface area contributed by atoms with Crippen LogP contribution in [-0.2, 0) is 13.5 Å². The molecule has 0 saturated carbocycles. The van der Waals surface area contributed by atoms with Gasteiger partial charge < -0.3 is 0 Å². The Kier molecular flexibility index (Phi) is 7.50. The molecular weight excluding hydrogens is 308 g/mol. The van der Waals surface area contributed by atoms with Crippen LogP contribution in [0, 0.1) is 10.2 Å². The Balaban J connectivity index is 0.000000422. The third-order valence-electron chi connectivity index (χ3n) is 3.08. The van der Waals surface area contributed by atoms with Crippen molar-refractivity contribution in [3.8, 4) is 11.3 Å². The predicted octanol–water partition coefficient (Wildman–Crippen LogP) is -0.304. The average Bonchev–Trinajstić information content (AvgIpc) is 2.80. The van der Waals surface area contributed by atoms with Crippen molar-refractivity contribution in [3.63, 3.8) is 0 Å². The first kappa shape index (κ1) is 18.6. The molecule has 122 valence electrons. The van der Waals surface area contributed by atoms with Gasteiger partial charge in [-0.2, -0.15) is 19.1 Å². The standard InChI is InChI=1S/C15H20N2.ClHO4/c1-3-4-6-11-14-12-15(16-17(14)2)13-9-7-5-8-10-13;2-1(3,4)5/h5,7-10,12H,3-4,6,11H2,1-2H3;(H,2,3,4,5). The molecule has 2 aromatic rings. The molecule has 0 aliphatic rings. The molecule has 22 heavy (non-hydrogen) atoms. The summed E-state index contributed by atoms with van der Waals surface area (Å²) in [6.45, 7) is 2.23. The third-order valence-corrected chi connectivity index (χ3v) is 3.08. The van der Waals surface area contributed by atoms with Crippen LogP contribution in [0.1, 0.15) is 31.9 Å². The van der Waals surface area contributed by atoms with Crippen molar-refractivity contribution in [1.29, 1.82) is 0 Å². The van der Waals surface area contributed by atoms with E-state index in [0.717, 1.165) is 12.1 Å². The van der Waals surface area contributed by atoms with Gasteiger partial charge in [0.2, 0.25) is 0 Å². The van der Waals surface area contributed by atoms with Crippen molar-refractivity contribution in [2.24, 2.45) is 7.05 Å². The maximum atomic E-state index is 8.60. The van der Waals surface area contributed by atoms with E-state index in [2.05, 4.69) is 42.4 Å². The van der Waals surface area contributed by atoms with Gasteiger partial charge in [0.25, 0.3) is 0 Å². The first-order chi connectivity index (χ1) is 10.3. The fourth-order valence-electron chi connectivity index (χ4n) is 2.05. The molecule has 1 N–H and O–H groups in total. The summed E-state index contributed by atoms with van der Waals surface area (Å²) >= 11 is 0. The molecule has 1 heterocycles. The van der Waals surface area contributed by atoms with E-state index >= 15 is 0 Å². The maximum absolute atomic E-state index is 8.60. The van der Waals surface area contributed by atoms with Gasteiger partial charge in [0.05, 0.1) is 20.6 Å². The Bertz CT molecular complexity index is 546. The summed E-state index contributed by atoms with van der Waals surface area (Å²) in [5.74, 6) is 0. The molecular formula is C15H21ClN2O4. The molecule has 7 heteroatoms. The highest BCUT2D eigenvalue weighted by molar-refractivity contribution is 5.59. The van der Waals surface area contributed by atoms with Gasteiger partial charge in [-0.05, 0) is 18.9 Å². The molecule has 0 unspecified atom stereocenters. The van der Waals surface area contributed by atoms with Crippen LogP contribution in [0.15, 0.2) is 36.4 Å². The van der Waals surface area contributed by atoms with E-state index < -0.39 is 10.2 Å². The van der Waals surface area contributed by atoms with E-state index in [1.807, 2.05) is 17.8 Å². The number of aryl methyl sites for hydroxylation is 2. The second kappa shape index (κ2) is 8.87. The van der Waals surface area contributed by atoms with Crippen LogP contribution in [0.25, 0.3) is 11.3 Å². The Hall–Kier alpha value is -1.44. The van der Waals surface area contributed by atoms with Crippen LogP contribution in [-0.4, -0.2) is 14.4 Å². The van der Waals surface area contributed by atoms with Gasteiger partial charge >= 0.3 is 0 Å². The minimum absolute atomic E-state index is 1.08. The number of aromatic nitrogens is 2. The highest BCUT2D eigenvalue weighted by Crippen LogP contribution is 2.19. The molecule has 0 amide bonds. The Morgan fingerprint density at radius 1 is 1.14 bits per heavy atom. The second-order valence-corrected chi connectivity index (χ2v) is 5.66. The zero-order chi connectivity index (χ0) is 16.6. The predicted molar refractivity (Wildman–Crippen MR) is 74.1 cm³/mol. The van der Waals surface area contributed by atoms with Crippen LogP contribution < -0.4 is 14.0 Å². The van der Waals surface area contributed by atoms with Gasteiger partial charge in [-0.1, -0.05) is 50.1 Å². The number of hydrogen-bond donors (Lipinski definition) is 1. The molecule has 6 nitrogen and oxygen atoms in total. The Morgan fingerprint density at radius 2 is 1.73 bits per heavy atom. The fraction of sp³-hybridized carbons (Fsp3) is 0.400. The lowest BCUT2D eigenvalue weighted by molar-refractivity contribution is -1.92. The van der Waals surface area contributed by atoms with Crippen molar-refractivity contribution in [1.82, 2.24) is 9.78 Å². The monoisotopic (exact) mass is 328 g/mol. The summed E-state index contributed by atoms with van der Waals surface area (Å²) in [5, 5.41) is 4.58. The van der Waals surface area contributed by atoms with Gasteiger partial charge in [-0.15, -0.1) is 0 Å². The minimum Gasteiger partial charge on any atom is -0.272 e. The van der Waals surface area contributed by atoms with Crippen LogP contribution in [0.5, 0.6) is 0 Å². The Morgan fingerprint density at radius 3 is 2.27 bits per heavy atom. The van der Waals surface area contributed by atoms with Crippen LogP contribution in [0.4, 0.5) is 0 Å². The van der Waals surface area contributed by atoms with Gasteiger partial charge in [0.15, 0.2) is 0 Å². The number of nitrogens with zero attached hydrogens (tertiary/aromatic N) is 2. The zero-order valence-electron chi connectivity index (χ0n) is 12.7. The number of hydrogen-bond acceptors (Lipinski definition) is 5. The molecule has 0 radical (unpaired) electrons. The van der Waals surface area contributed by atoms with Crippen molar-refractivity contribution >= 4 is 0 Å². The second-order valence-electron chi connectivity index (χ2n) is 4.86. The van der Waals surface area contributed by atoms with E-state index in [1.165, 1.54) is 30.5 Å². The van der Waals surface area contributed by atoms with Crippen LogP contribution in [0.2, 0.25) is 0 Å². The third kappa shape index (κ3) is 7.53. The number of rotatable bonds is 5. The number of benzene rings is 1. The minimum atomic E-state index is -4.69. The molecule has 0 atom stereocenters. The van der Waals surface area contributed by atoms with Crippen LogP contribution >= 0.6 is 0 Å². The summed E-state index contributed by atoms with van der Waals surface area (Å²) in [5.41, 5.74) is 3.61. The molecule has 0 aliphatic carbocycles.